The zero-order chi connectivity index (χ0) is 16.6. The second-order valence-corrected chi connectivity index (χ2v) is 6.47. The summed E-state index contributed by atoms with van der Waals surface area (Å²) >= 11 is 0. The smallest absolute Gasteiger partial charge is 0.326 e. The van der Waals surface area contributed by atoms with E-state index in [1.807, 2.05) is 5.32 Å². The van der Waals surface area contributed by atoms with Crippen LogP contribution in [0, 0.1) is 0 Å². The van der Waals surface area contributed by atoms with Crippen LogP contribution in [-0.2, 0) is 24.3 Å². The minimum atomic E-state index is -3.46. The van der Waals surface area contributed by atoms with Crippen molar-refractivity contribution in [2.24, 2.45) is 0 Å². The Balaban J connectivity index is 4.34. The van der Waals surface area contributed by atoms with Gasteiger partial charge in [-0.3, -0.25) is 4.79 Å². The first-order valence-corrected chi connectivity index (χ1v) is 7.45. The first-order chi connectivity index (χ1) is 9.60. The van der Waals surface area contributed by atoms with Crippen LogP contribution in [0.1, 0.15) is 6.42 Å². The molecule has 0 unspecified atom stereocenters. The van der Waals surface area contributed by atoms with Crippen molar-refractivity contribution in [1.29, 1.82) is 0 Å². The van der Waals surface area contributed by atoms with Gasteiger partial charge >= 0.3 is 18.0 Å². The summed E-state index contributed by atoms with van der Waals surface area (Å²) in [4.78, 5) is 33.3. The number of nitrogens with one attached hydrogen (secondary N) is 2. The van der Waals surface area contributed by atoms with Gasteiger partial charge in [0.2, 0.25) is 10.0 Å². The first-order valence-electron chi connectivity index (χ1n) is 5.84. The van der Waals surface area contributed by atoms with Crippen LogP contribution in [0.25, 0.3) is 0 Å². The molecule has 10 nitrogen and oxygen atoms in total. The molecule has 0 radical (unpaired) electrons. The molecule has 11 heteroatoms. The van der Waals surface area contributed by atoms with E-state index >= 15 is 0 Å². The monoisotopic (exact) mass is 325 g/mol. The van der Waals surface area contributed by atoms with Crippen LogP contribution in [0.3, 0.4) is 0 Å². The number of carbonyl (C=O) groups is 3. The van der Waals surface area contributed by atoms with Gasteiger partial charge < -0.3 is 20.5 Å². The van der Waals surface area contributed by atoms with Gasteiger partial charge in [-0.25, -0.2) is 22.3 Å². The van der Waals surface area contributed by atoms with Crippen molar-refractivity contribution >= 4 is 28.0 Å². The van der Waals surface area contributed by atoms with Gasteiger partial charge in [0.15, 0.2) is 0 Å². The van der Waals surface area contributed by atoms with Gasteiger partial charge in [-0.1, -0.05) is 0 Å². The molecule has 0 heterocycles. The summed E-state index contributed by atoms with van der Waals surface area (Å²) < 4.78 is 28.2. The normalized spacial score (nSPS) is 12.6. The third kappa shape index (κ3) is 7.46. The Labute approximate surface area is 122 Å². The Morgan fingerprint density at radius 2 is 1.86 bits per heavy atom. The highest BCUT2D eigenvalue weighted by molar-refractivity contribution is 7.89. The van der Waals surface area contributed by atoms with Crippen LogP contribution >= 0.6 is 0 Å². The van der Waals surface area contributed by atoms with Gasteiger partial charge in [0.05, 0.1) is 19.3 Å². The highest BCUT2D eigenvalue weighted by Crippen LogP contribution is 1.95. The minimum Gasteiger partial charge on any atom is -0.480 e. The highest BCUT2D eigenvalue weighted by Gasteiger charge is 2.23. The summed E-state index contributed by atoms with van der Waals surface area (Å²) in [5, 5.41) is 13.1. The van der Waals surface area contributed by atoms with E-state index in [1.54, 1.807) is 0 Å². The number of nitrogens with zero attached hydrogens (tertiary/aromatic N) is 1. The molecule has 0 saturated heterocycles. The maximum absolute atomic E-state index is 11.4. The van der Waals surface area contributed by atoms with Crippen LogP contribution in [0.15, 0.2) is 0 Å². The number of hydrogen-bond acceptors (Lipinski definition) is 6. The minimum absolute atomic E-state index is 0.198. The molecule has 3 N–H and O–H groups in total. The standard InChI is InChI=1S/C10H19N3O7S/c1-13(2)21(18,19)5-4-11-10(17)12-7(9(15)16)6-8(14)20-3/h7H,4-6H2,1-3H3,(H,15,16)(H2,11,12,17)/t7-/m0/s1. The molecule has 0 aromatic carbocycles. The molecular formula is C10H19N3O7S. The Kier molecular flexibility index (Phi) is 7.66. The van der Waals surface area contributed by atoms with Crippen LogP contribution in [-0.4, -0.2) is 75.3 Å². The maximum atomic E-state index is 11.4. The number of methoxy groups -OCH3 is 1. The van der Waals surface area contributed by atoms with E-state index in [2.05, 4.69) is 10.1 Å². The number of hydrogen-bond donors (Lipinski definition) is 3. The number of carboxylic acid groups (broad SMARTS) is 1. The fourth-order valence-corrected chi connectivity index (χ4v) is 1.86. The number of amides is 2. The predicted molar refractivity (Wildman–Crippen MR) is 72.1 cm³/mol. The zero-order valence-corrected chi connectivity index (χ0v) is 12.8. The van der Waals surface area contributed by atoms with Crippen molar-refractivity contribution in [3.63, 3.8) is 0 Å². The molecule has 0 rings (SSSR count). The molecule has 0 aromatic heterocycles. The van der Waals surface area contributed by atoms with E-state index < -0.39 is 40.5 Å². The Bertz CT molecular complexity index is 489. The lowest BCUT2D eigenvalue weighted by Gasteiger charge is -2.15. The van der Waals surface area contributed by atoms with Crippen molar-refractivity contribution in [2.75, 3.05) is 33.5 Å². The predicted octanol–water partition coefficient (Wildman–Crippen LogP) is -1.81. The van der Waals surface area contributed by atoms with Crippen LogP contribution in [0.2, 0.25) is 0 Å². The number of esters is 1. The molecule has 2 amide bonds. The average molecular weight is 325 g/mol. The Hall–Kier alpha value is -1.88. The fourth-order valence-electron chi connectivity index (χ4n) is 1.14. The number of urea groups is 1. The van der Waals surface area contributed by atoms with Gasteiger partial charge in [-0.2, -0.15) is 0 Å². The molecule has 1 atom stereocenters. The van der Waals surface area contributed by atoms with E-state index in [9.17, 15) is 22.8 Å². The van der Waals surface area contributed by atoms with Crippen molar-refractivity contribution in [3.8, 4) is 0 Å². The second-order valence-electron chi connectivity index (χ2n) is 4.17. The SMILES string of the molecule is COC(=O)C[C@H](NC(=O)NCCS(=O)(=O)N(C)C)C(=O)O. The molecule has 0 spiro atoms. The first kappa shape index (κ1) is 19.1. The van der Waals surface area contributed by atoms with E-state index in [4.69, 9.17) is 5.11 Å². The lowest BCUT2D eigenvalue weighted by Crippen LogP contribution is -2.48. The molecule has 0 bridgehead atoms. The van der Waals surface area contributed by atoms with Crippen molar-refractivity contribution in [1.82, 2.24) is 14.9 Å². The van der Waals surface area contributed by atoms with E-state index in [1.165, 1.54) is 14.1 Å². The number of sulfonamides is 1. The molecule has 0 aromatic rings. The van der Waals surface area contributed by atoms with Gasteiger partial charge in [0, 0.05) is 20.6 Å². The number of ether oxygens (including phenoxy) is 1. The molecule has 0 fully saturated rings. The second kappa shape index (κ2) is 8.42. The van der Waals surface area contributed by atoms with Crippen molar-refractivity contribution in [2.45, 2.75) is 12.5 Å². The lowest BCUT2D eigenvalue weighted by atomic mass is 10.2. The Morgan fingerprint density at radius 3 is 2.29 bits per heavy atom. The summed E-state index contributed by atoms with van der Waals surface area (Å²) in [5.41, 5.74) is 0. The Morgan fingerprint density at radius 1 is 1.29 bits per heavy atom. The average Bonchev–Trinajstić information content (AvgIpc) is 2.37. The molecule has 0 aliphatic heterocycles. The summed E-state index contributed by atoms with van der Waals surface area (Å²) in [6.07, 6.45) is -0.532. The van der Waals surface area contributed by atoms with Crippen molar-refractivity contribution in [3.05, 3.63) is 0 Å². The number of carbonyl (C=O) groups excluding carboxylic acids is 2. The molecule has 122 valence electrons. The third-order valence-corrected chi connectivity index (χ3v) is 4.24. The summed E-state index contributed by atoms with van der Waals surface area (Å²) in [5.74, 6) is -2.53. The van der Waals surface area contributed by atoms with Crippen LogP contribution in [0.4, 0.5) is 4.79 Å². The molecule has 0 aliphatic rings. The molecule has 21 heavy (non-hydrogen) atoms. The number of carboxylic acids is 1. The van der Waals surface area contributed by atoms with Gasteiger partial charge in [-0.05, 0) is 0 Å². The number of aliphatic carboxylic acids is 1. The maximum Gasteiger partial charge on any atom is 0.326 e. The van der Waals surface area contributed by atoms with Gasteiger partial charge in [0.1, 0.15) is 6.04 Å². The van der Waals surface area contributed by atoms with Crippen LogP contribution < -0.4 is 10.6 Å². The summed E-state index contributed by atoms with van der Waals surface area (Å²) in [7, 11) is 0.336. The summed E-state index contributed by atoms with van der Waals surface area (Å²) in [6, 6.07) is -2.34. The quantitative estimate of drug-likeness (QED) is 0.447. The van der Waals surface area contributed by atoms with E-state index in [0.717, 1.165) is 11.4 Å². The molecule has 0 saturated carbocycles. The largest absolute Gasteiger partial charge is 0.480 e. The highest BCUT2D eigenvalue weighted by atomic mass is 32.2. The third-order valence-electron chi connectivity index (χ3n) is 2.40. The zero-order valence-electron chi connectivity index (χ0n) is 12.0. The van der Waals surface area contributed by atoms with E-state index in [0.29, 0.717) is 0 Å². The molecular weight excluding hydrogens is 306 g/mol. The topological polar surface area (TPSA) is 142 Å². The van der Waals surface area contributed by atoms with Gasteiger partial charge in [-0.15, -0.1) is 0 Å². The molecule has 0 aliphatic carbocycles. The van der Waals surface area contributed by atoms with Gasteiger partial charge in [0.25, 0.3) is 0 Å². The fraction of sp³-hybridized carbons (Fsp3) is 0.700. The summed E-state index contributed by atoms with van der Waals surface area (Å²) in [6.45, 7) is -0.198. The number of rotatable bonds is 8. The lowest BCUT2D eigenvalue weighted by molar-refractivity contribution is -0.147. The van der Waals surface area contributed by atoms with E-state index in [-0.39, 0.29) is 12.3 Å². The van der Waals surface area contributed by atoms with Crippen LogP contribution in [0.5, 0.6) is 0 Å². The van der Waals surface area contributed by atoms with Crippen molar-refractivity contribution < 1.29 is 32.6 Å².